The number of rotatable bonds is 2. The first-order valence-electron chi connectivity index (χ1n) is 4.52. The van der Waals surface area contributed by atoms with E-state index >= 15 is 0 Å². The molecule has 1 heterocycles. The maximum atomic E-state index is 9.11. The number of hydrogen-bond acceptors (Lipinski definition) is 4. The number of nitrogens with two attached hydrogens (primary N) is 1. The van der Waals surface area contributed by atoms with Gasteiger partial charge >= 0.3 is 0 Å². The van der Waals surface area contributed by atoms with Crippen molar-refractivity contribution in [2.75, 3.05) is 6.54 Å². The molecule has 14 heavy (non-hydrogen) atoms. The molecule has 0 aromatic heterocycles. The summed E-state index contributed by atoms with van der Waals surface area (Å²) < 4.78 is 0. The fourth-order valence-corrected chi connectivity index (χ4v) is 1.38. The Kier molecular flexibility index (Phi) is 2.37. The highest BCUT2D eigenvalue weighted by Gasteiger charge is 2.20. The van der Waals surface area contributed by atoms with Gasteiger partial charge in [0.2, 0.25) is 0 Å². The van der Waals surface area contributed by atoms with Crippen molar-refractivity contribution >= 4 is 5.71 Å². The van der Waals surface area contributed by atoms with Crippen LogP contribution in [-0.2, 0) is 4.84 Å². The van der Waals surface area contributed by atoms with E-state index < -0.39 is 0 Å². The highest BCUT2D eigenvalue weighted by atomic mass is 16.6. The van der Waals surface area contributed by atoms with Crippen molar-refractivity contribution in [3.63, 3.8) is 0 Å². The third kappa shape index (κ3) is 1.70. The molecule has 1 unspecified atom stereocenters. The quantitative estimate of drug-likeness (QED) is 0.729. The average molecular weight is 192 g/mol. The summed E-state index contributed by atoms with van der Waals surface area (Å²) in [5.41, 5.74) is 7.32. The predicted octanol–water partition coefficient (Wildman–Crippen LogP) is 0.844. The van der Waals surface area contributed by atoms with Gasteiger partial charge < -0.3 is 15.7 Å². The van der Waals surface area contributed by atoms with E-state index in [9.17, 15) is 0 Å². The molecule has 0 amide bonds. The van der Waals surface area contributed by atoms with Crippen LogP contribution in [0.5, 0.6) is 5.75 Å². The van der Waals surface area contributed by atoms with E-state index in [1.54, 1.807) is 12.1 Å². The third-order valence-corrected chi connectivity index (χ3v) is 2.20. The zero-order chi connectivity index (χ0) is 9.97. The highest BCUT2D eigenvalue weighted by Crippen LogP contribution is 2.17. The maximum Gasteiger partial charge on any atom is 0.145 e. The van der Waals surface area contributed by atoms with Gasteiger partial charge in [-0.3, -0.25) is 0 Å². The van der Waals surface area contributed by atoms with Gasteiger partial charge in [-0.25, -0.2) is 0 Å². The van der Waals surface area contributed by atoms with Gasteiger partial charge in [-0.2, -0.15) is 0 Å². The summed E-state index contributed by atoms with van der Waals surface area (Å²) in [6.45, 7) is 0.477. The van der Waals surface area contributed by atoms with Crippen molar-refractivity contribution in [1.82, 2.24) is 0 Å². The standard InChI is InChI=1S/C10H12N2O2/c11-6-9-5-10(12-14-9)7-1-3-8(13)4-2-7/h1-4,9,13H,5-6,11H2. The lowest BCUT2D eigenvalue weighted by Crippen LogP contribution is -2.20. The number of aromatic hydroxyl groups is 1. The van der Waals surface area contributed by atoms with Crippen LogP contribution in [-0.4, -0.2) is 23.5 Å². The summed E-state index contributed by atoms with van der Waals surface area (Å²) >= 11 is 0. The van der Waals surface area contributed by atoms with Crippen LogP contribution >= 0.6 is 0 Å². The summed E-state index contributed by atoms with van der Waals surface area (Å²) in [5, 5.41) is 13.0. The van der Waals surface area contributed by atoms with Crippen molar-refractivity contribution < 1.29 is 9.94 Å². The average Bonchev–Trinajstić information content (AvgIpc) is 2.67. The topological polar surface area (TPSA) is 67.8 Å². The molecule has 2 rings (SSSR count). The molecule has 1 aromatic carbocycles. The van der Waals surface area contributed by atoms with Gasteiger partial charge in [-0.15, -0.1) is 0 Å². The van der Waals surface area contributed by atoms with E-state index in [1.165, 1.54) is 0 Å². The SMILES string of the molecule is NCC1CC(c2ccc(O)cc2)=NO1. The number of benzene rings is 1. The second-order valence-electron chi connectivity index (χ2n) is 3.25. The Morgan fingerprint density at radius 1 is 1.43 bits per heavy atom. The first-order chi connectivity index (χ1) is 6.79. The minimum Gasteiger partial charge on any atom is -0.508 e. The zero-order valence-electron chi connectivity index (χ0n) is 7.68. The van der Waals surface area contributed by atoms with Crippen LogP contribution in [0.3, 0.4) is 0 Å². The first kappa shape index (κ1) is 9.02. The van der Waals surface area contributed by atoms with Crippen LogP contribution in [0.1, 0.15) is 12.0 Å². The smallest absolute Gasteiger partial charge is 0.145 e. The molecule has 1 aliphatic rings. The Labute approximate surface area is 82.0 Å². The lowest BCUT2D eigenvalue weighted by Gasteiger charge is -2.02. The maximum absolute atomic E-state index is 9.11. The number of oxime groups is 1. The van der Waals surface area contributed by atoms with Crippen LogP contribution < -0.4 is 5.73 Å². The predicted molar refractivity (Wildman–Crippen MR) is 53.2 cm³/mol. The highest BCUT2D eigenvalue weighted by molar-refractivity contribution is 6.01. The molecule has 1 aromatic rings. The van der Waals surface area contributed by atoms with Gasteiger partial charge in [0.1, 0.15) is 11.9 Å². The molecule has 3 N–H and O–H groups in total. The molecule has 74 valence electrons. The molecule has 0 radical (unpaired) electrons. The molecule has 1 atom stereocenters. The van der Waals surface area contributed by atoms with Crippen LogP contribution in [0, 0.1) is 0 Å². The normalized spacial score (nSPS) is 20.4. The molecular weight excluding hydrogens is 180 g/mol. The minimum atomic E-state index is -0.00111. The van der Waals surface area contributed by atoms with E-state index in [2.05, 4.69) is 5.16 Å². The fourth-order valence-electron chi connectivity index (χ4n) is 1.38. The number of phenols is 1. The molecule has 0 aliphatic carbocycles. The Bertz CT molecular complexity index is 346. The molecule has 0 spiro atoms. The first-order valence-corrected chi connectivity index (χ1v) is 4.52. The van der Waals surface area contributed by atoms with Crippen LogP contribution in [0.15, 0.2) is 29.4 Å². The molecule has 4 heteroatoms. The van der Waals surface area contributed by atoms with Gasteiger partial charge in [-0.1, -0.05) is 5.16 Å². The van der Waals surface area contributed by atoms with Crippen LogP contribution in [0.4, 0.5) is 0 Å². The molecule has 4 nitrogen and oxygen atoms in total. The molecule has 0 bridgehead atoms. The Balaban J connectivity index is 2.13. The van der Waals surface area contributed by atoms with Crippen LogP contribution in [0.2, 0.25) is 0 Å². The molecular formula is C10H12N2O2. The molecule has 0 fully saturated rings. The second-order valence-corrected chi connectivity index (χ2v) is 3.25. The van der Waals surface area contributed by atoms with Gasteiger partial charge in [0, 0.05) is 13.0 Å². The van der Waals surface area contributed by atoms with Crippen molar-refractivity contribution in [1.29, 1.82) is 0 Å². The molecule has 0 saturated carbocycles. The van der Waals surface area contributed by atoms with Crippen molar-refractivity contribution in [3.8, 4) is 5.75 Å². The number of hydrogen-bond donors (Lipinski definition) is 2. The van der Waals surface area contributed by atoms with Gasteiger partial charge in [0.25, 0.3) is 0 Å². The summed E-state index contributed by atoms with van der Waals surface area (Å²) in [7, 11) is 0. The summed E-state index contributed by atoms with van der Waals surface area (Å²) in [6, 6.07) is 6.90. The van der Waals surface area contributed by atoms with E-state index in [-0.39, 0.29) is 11.9 Å². The molecule has 0 saturated heterocycles. The van der Waals surface area contributed by atoms with E-state index in [1.807, 2.05) is 12.1 Å². The zero-order valence-corrected chi connectivity index (χ0v) is 7.68. The third-order valence-electron chi connectivity index (χ3n) is 2.20. The van der Waals surface area contributed by atoms with Crippen molar-refractivity contribution in [2.45, 2.75) is 12.5 Å². The summed E-state index contributed by atoms with van der Waals surface area (Å²) in [6.07, 6.45) is 0.736. The Morgan fingerprint density at radius 3 is 2.71 bits per heavy atom. The minimum absolute atomic E-state index is 0.00111. The summed E-state index contributed by atoms with van der Waals surface area (Å²) in [4.78, 5) is 5.10. The largest absolute Gasteiger partial charge is 0.508 e. The van der Waals surface area contributed by atoms with Crippen molar-refractivity contribution in [2.24, 2.45) is 10.9 Å². The summed E-state index contributed by atoms with van der Waals surface area (Å²) in [5.74, 6) is 0.253. The van der Waals surface area contributed by atoms with Crippen LogP contribution in [0.25, 0.3) is 0 Å². The Hall–Kier alpha value is -1.55. The second kappa shape index (κ2) is 3.67. The van der Waals surface area contributed by atoms with E-state index in [0.717, 1.165) is 17.7 Å². The van der Waals surface area contributed by atoms with E-state index in [4.69, 9.17) is 15.7 Å². The lowest BCUT2D eigenvalue weighted by molar-refractivity contribution is 0.0918. The van der Waals surface area contributed by atoms with E-state index in [0.29, 0.717) is 6.54 Å². The van der Waals surface area contributed by atoms with Gasteiger partial charge in [0.15, 0.2) is 0 Å². The number of phenolic OH excluding ortho intramolecular Hbond substituents is 1. The fraction of sp³-hybridized carbons (Fsp3) is 0.300. The number of nitrogens with zero attached hydrogens (tertiary/aromatic N) is 1. The van der Waals surface area contributed by atoms with Gasteiger partial charge in [-0.05, 0) is 29.8 Å². The van der Waals surface area contributed by atoms with Gasteiger partial charge in [0.05, 0.1) is 5.71 Å². The molecule has 1 aliphatic heterocycles. The Morgan fingerprint density at radius 2 is 2.14 bits per heavy atom. The van der Waals surface area contributed by atoms with Crippen molar-refractivity contribution in [3.05, 3.63) is 29.8 Å². The lowest BCUT2D eigenvalue weighted by atomic mass is 10.1. The monoisotopic (exact) mass is 192 g/mol.